The highest BCUT2D eigenvalue weighted by molar-refractivity contribution is 5.40. The van der Waals surface area contributed by atoms with E-state index in [4.69, 9.17) is 9.47 Å². The summed E-state index contributed by atoms with van der Waals surface area (Å²) in [6.07, 6.45) is 6.19. The highest BCUT2D eigenvalue weighted by Gasteiger charge is 2.29. The number of hydrogen-bond acceptors (Lipinski definition) is 5. The molecular formula is C16H19N3O2. The summed E-state index contributed by atoms with van der Waals surface area (Å²) in [5.41, 5.74) is 0.997. The van der Waals surface area contributed by atoms with Gasteiger partial charge in [0, 0.05) is 30.4 Å². The molecule has 2 aromatic rings. The zero-order valence-corrected chi connectivity index (χ0v) is 12.0. The van der Waals surface area contributed by atoms with E-state index in [-0.39, 0.29) is 6.10 Å². The number of rotatable bonds is 5. The van der Waals surface area contributed by atoms with Crippen LogP contribution in [0.25, 0.3) is 0 Å². The van der Waals surface area contributed by atoms with E-state index in [2.05, 4.69) is 15.3 Å². The number of benzene rings is 1. The van der Waals surface area contributed by atoms with E-state index in [1.807, 2.05) is 36.7 Å². The Balaban J connectivity index is 1.88. The van der Waals surface area contributed by atoms with Gasteiger partial charge < -0.3 is 14.8 Å². The third-order valence-corrected chi connectivity index (χ3v) is 3.76. The molecule has 5 nitrogen and oxygen atoms in total. The molecule has 1 aliphatic rings. The first-order valence-electron chi connectivity index (χ1n) is 7.14. The van der Waals surface area contributed by atoms with E-state index in [1.54, 1.807) is 7.11 Å². The molecule has 1 N–H and O–H groups in total. The van der Waals surface area contributed by atoms with Gasteiger partial charge in [0.1, 0.15) is 12.4 Å². The molecule has 1 unspecified atom stereocenters. The van der Waals surface area contributed by atoms with Crippen LogP contribution in [-0.4, -0.2) is 30.2 Å². The molecule has 110 valence electrons. The van der Waals surface area contributed by atoms with Crippen molar-refractivity contribution in [3.8, 4) is 11.5 Å². The van der Waals surface area contributed by atoms with Crippen LogP contribution in [0.4, 0.5) is 0 Å². The van der Waals surface area contributed by atoms with Gasteiger partial charge in [0.2, 0.25) is 0 Å². The first-order valence-corrected chi connectivity index (χ1v) is 7.14. The standard InChI is InChI=1S/C16H19N3O2/c1-20-14-4-2-3-5-15(14)21-16(12-6-7-17-8-12)13-9-18-11-19-10-13/h2-5,9-12,16-17H,6-8H2,1H3/t12-,16?/m0/s1. The summed E-state index contributed by atoms with van der Waals surface area (Å²) in [6.45, 7) is 1.96. The number of nitrogens with zero attached hydrogens (tertiary/aromatic N) is 2. The molecule has 2 heterocycles. The minimum absolute atomic E-state index is 0.0718. The van der Waals surface area contributed by atoms with Crippen molar-refractivity contribution < 1.29 is 9.47 Å². The second kappa shape index (κ2) is 6.54. The minimum Gasteiger partial charge on any atom is -0.493 e. The molecule has 0 radical (unpaired) electrons. The third kappa shape index (κ3) is 3.13. The Labute approximate surface area is 124 Å². The lowest BCUT2D eigenvalue weighted by atomic mass is 9.96. The average molecular weight is 285 g/mol. The Hall–Kier alpha value is -2.14. The van der Waals surface area contributed by atoms with Crippen molar-refractivity contribution in [2.75, 3.05) is 20.2 Å². The van der Waals surface area contributed by atoms with Gasteiger partial charge >= 0.3 is 0 Å². The van der Waals surface area contributed by atoms with Crippen LogP contribution >= 0.6 is 0 Å². The fourth-order valence-electron chi connectivity index (χ4n) is 2.68. The Bertz CT molecular complexity index is 571. The van der Waals surface area contributed by atoms with Crippen molar-refractivity contribution in [1.29, 1.82) is 0 Å². The molecule has 0 aliphatic carbocycles. The number of ether oxygens (including phenoxy) is 2. The molecule has 1 aromatic carbocycles. The number of aromatic nitrogens is 2. The first-order chi connectivity index (χ1) is 10.4. The summed E-state index contributed by atoms with van der Waals surface area (Å²) in [7, 11) is 1.65. The molecule has 1 saturated heterocycles. The maximum Gasteiger partial charge on any atom is 0.162 e. The summed E-state index contributed by atoms with van der Waals surface area (Å²) in [5, 5.41) is 3.38. The van der Waals surface area contributed by atoms with E-state index in [9.17, 15) is 0 Å². The Morgan fingerprint density at radius 1 is 1.19 bits per heavy atom. The fourth-order valence-corrected chi connectivity index (χ4v) is 2.68. The largest absolute Gasteiger partial charge is 0.493 e. The molecule has 0 spiro atoms. The van der Waals surface area contributed by atoms with E-state index in [1.165, 1.54) is 6.33 Å². The summed E-state index contributed by atoms with van der Waals surface area (Å²) in [6, 6.07) is 7.71. The average Bonchev–Trinajstić information content (AvgIpc) is 3.08. The van der Waals surface area contributed by atoms with Gasteiger partial charge in [-0.15, -0.1) is 0 Å². The Morgan fingerprint density at radius 3 is 2.62 bits per heavy atom. The van der Waals surface area contributed by atoms with E-state index < -0.39 is 0 Å². The predicted octanol–water partition coefficient (Wildman–Crippen LogP) is 2.21. The molecule has 21 heavy (non-hydrogen) atoms. The highest BCUT2D eigenvalue weighted by Crippen LogP contribution is 2.35. The van der Waals surface area contributed by atoms with Gasteiger partial charge in [0.15, 0.2) is 11.5 Å². The van der Waals surface area contributed by atoms with Crippen molar-refractivity contribution in [2.24, 2.45) is 5.92 Å². The lowest BCUT2D eigenvalue weighted by Crippen LogP contribution is -2.22. The van der Waals surface area contributed by atoms with E-state index >= 15 is 0 Å². The lowest BCUT2D eigenvalue weighted by molar-refractivity contribution is 0.138. The zero-order chi connectivity index (χ0) is 14.5. The van der Waals surface area contributed by atoms with Gasteiger partial charge in [-0.05, 0) is 25.1 Å². The number of nitrogens with one attached hydrogen (secondary N) is 1. The maximum atomic E-state index is 6.26. The summed E-state index contributed by atoms with van der Waals surface area (Å²) < 4.78 is 11.6. The van der Waals surface area contributed by atoms with Crippen molar-refractivity contribution in [3.05, 3.63) is 48.5 Å². The molecule has 3 rings (SSSR count). The summed E-state index contributed by atoms with van der Waals surface area (Å²) in [5.74, 6) is 1.90. The number of hydrogen-bond donors (Lipinski definition) is 1. The van der Waals surface area contributed by atoms with Gasteiger partial charge in [0.25, 0.3) is 0 Å². The van der Waals surface area contributed by atoms with E-state index in [0.717, 1.165) is 36.6 Å². The van der Waals surface area contributed by atoms with Gasteiger partial charge in [-0.25, -0.2) is 9.97 Å². The molecule has 0 saturated carbocycles. The SMILES string of the molecule is COc1ccccc1OC(c1cncnc1)[C@H]1CCNC1. The van der Waals surface area contributed by atoms with Crippen LogP contribution in [0.3, 0.4) is 0 Å². The van der Waals surface area contributed by atoms with Crippen LogP contribution in [0.15, 0.2) is 43.0 Å². The molecule has 2 atom stereocenters. The zero-order valence-electron chi connectivity index (χ0n) is 12.0. The van der Waals surface area contributed by atoms with Gasteiger partial charge in [0.05, 0.1) is 7.11 Å². The van der Waals surface area contributed by atoms with Crippen molar-refractivity contribution in [2.45, 2.75) is 12.5 Å². The van der Waals surface area contributed by atoms with Crippen LogP contribution in [0.5, 0.6) is 11.5 Å². The second-order valence-corrected chi connectivity index (χ2v) is 5.11. The summed E-state index contributed by atoms with van der Waals surface area (Å²) in [4.78, 5) is 8.24. The Kier molecular flexibility index (Phi) is 4.31. The van der Waals surface area contributed by atoms with Crippen molar-refractivity contribution in [1.82, 2.24) is 15.3 Å². The smallest absolute Gasteiger partial charge is 0.162 e. The fraction of sp³-hybridized carbons (Fsp3) is 0.375. The van der Waals surface area contributed by atoms with Crippen molar-refractivity contribution in [3.63, 3.8) is 0 Å². The molecule has 0 bridgehead atoms. The number of methoxy groups -OCH3 is 1. The third-order valence-electron chi connectivity index (χ3n) is 3.76. The molecular weight excluding hydrogens is 266 g/mol. The number of para-hydroxylation sites is 2. The normalized spacial score (nSPS) is 19.2. The van der Waals surface area contributed by atoms with Crippen LogP contribution in [0, 0.1) is 5.92 Å². The second-order valence-electron chi connectivity index (χ2n) is 5.11. The van der Waals surface area contributed by atoms with Gasteiger partial charge in [-0.2, -0.15) is 0 Å². The maximum absolute atomic E-state index is 6.26. The van der Waals surface area contributed by atoms with E-state index in [0.29, 0.717) is 5.92 Å². The molecule has 1 aromatic heterocycles. The van der Waals surface area contributed by atoms with Crippen LogP contribution in [-0.2, 0) is 0 Å². The molecule has 0 amide bonds. The molecule has 5 heteroatoms. The lowest BCUT2D eigenvalue weighted by Gasteiger charge is -2.25. The minimum atomic E-state index is -0.0718. The predicted molar refractivity (Wildman–Crippen MR) is 79.4 cm³/mol. The topological polar surface area (TPSA) is 56.3 Å². The van der Waals surface area contributed by atoms with Crippen molar-refractivity contribution >= 4 is 0 Å². The first kappa shape index (κ1) is 13.8. The quantitative estimate of drug-likeness (QED) is 0.913. The van der Waals surface area contributed by atoms with Crippen LogP contribution in [0.2, 0.25) is 0 Å². The molecule has 1 aliphatic heterocycles. The van der Waals surface area contributed by atoms with Crippen LogP contribution in [0.1, 0.15) is 18.1 Å². The summed E-state index contributed by atoms with van der Waals surface area (Å²) >= 11 is 0. The Morgan fingerprint density at radius 2 is 1.95 bits per heavy atom. The monoisotopic (exact) mass is 285 g/mol. The highest BCUT2D eigenvalue weighted by atomic mass is 16.5. The van der Waals surface area contributed by atoms with Gasteiger partial charge in [-0.1, -0.05) is 12.1 Å². The van der Waals surface area contributed by atoms with Crippen LogP contribution < -0.4 is 14.8 Å². The molecule has 1 fully saturated rings. The van der Waals surface area contributed by atoms with Gasteiger partial charge in [-0.3, -0.25) is 0 Å².